The van der Waals surface area contributed by atoms with Crippen LogP contribution in [0.2, 0.25) is 0 Å². The number of hydrogen-bond donors (Lipinski definition) is 1. The number of nitrogens with zero attached hydrogens (tertiary/aromatic N) is 1. The van der Waals surface area contributed by atoms with Crippen molar-refractivity contribution in [2.24, 2.45) is 0 Å². The number of thiophene rings is 1. The molecular weight excluding hydrogens is 256 g/mol. The molecule has 3 rings (SSSR count). The van der Waals surface area contributed by atoms with E-state index in [1.165, 1.54) is 37.7 Å². The van der Waals surface area contributed by atoms with Crippen LogP contribution in [0.4, 0.5) is 0 Å². The van der Waals surface area contributed by atoms with Gasteiger partial charge in [-0.15, -0.1) is 0 Å². The predicted molar refractivity (Wildman–Crippen MR) is 78.0 cm³/mol. The molecule has 2 atom stereocenters. The van der Waals surface area contributed by atoms with Gasteiger partial charge >= 0.3 is 0 Å². The normalized spacial score (nSPS) is 29.1. The molecule has 19 heavy (non-hydrogen) atoms. The molecular formula is C15H22N2OS. The molecule has 0 radical (unpaired) electrons. The van der Waals surface area contributed by atoms with E-state index in [1.807, 2.05) is 0 Å². The minimum absolute atomic E-state index is 0.00632. The van der Waals surface area contributed by atoms with Crippen LogP contribution in [0.15, 0.2) is 16.8 Å². The van der Waals surface area contributed by atoms with Crippen LogP contribution in [-0.2, 0) is 4.79 Å². The van der Waals surface area contributed by atoms with E-state index in [9.17, 15) is 4.79 Å². The lowest BCUT2D eigenvalue weighted by molar-refractivity contribution is -0.133. The molecule has 2 unspecified atom stereocenters. The third kappa shape index (κ3) is 2.43. The highest BCUT2D eigenvalue weighted by atomic mass is 32.1. The Hall–Kier alpha value is -0.870. The Balaban J connectivity index is 1.85. The molecule has 1 aromatic heterocycles. The topological polar surface area (TPSA) is 32.3 Å². The summed E-state index contributed by atoms with van der Waals surface area (Å²) >= 11 is 1.71. The van der Waals surface area contributed by atoms with E-state index >= 15 is 0 Å². The van der Waals surface area contributed by atoms with Gasteiger partial charge in [0.2, 0.25) is 5.91 Å². The van der Waals surface area contributed by atoms with Gasteiger partial charge in [-0.3, -0.25) is 10.1 Å². The molecule has 1 aliphatic carbocycles. The monoisotopic (exact) mass is 278 g/mol. The van der Waals surface area contributed by atoms with E-state index in [2.05, 4.69) is 34.0 Å². The van der Waals surface area contributed by atoms with Gasteiger partial charge in [-0.1, -0.05) is 26.2 Å². The lowest BCUT2D eigenvalue weighted by atomic mass is 9.93. The van der Waals surface area contributed by atoms with Gasteiger partial charge in [0, 0.05) is 6.04 Å². The Morgan fingerprint density at radius 3 is 2.79 bits per heavy atom. The first kappa shape index (κ1) is 13.1. The van der Waals surface area contributed by atoms with E-state index in [1.54, 1.807) is 11.3 Å². The number of carbonyl (C=O) groups excluding carboxylic acids is 1. The summed E-state index contributed by atoms with van der Waals surface area (Å²) in [6.07, 6.45) is 7.18. The summed E-state index contributed by atoms with van der Waals surface area (Å²) in [4.78, 5) is 14.8. The molecule has 4 heteroatoms. The van der Waals surface area contributed by atoms with Gasteiger partial charge in [-0.05, 0) is 41.7 Å². The van der Waals surface area contributed by atoms with Crippen molar-refractivity contribution in [2.45, 2.75) is 63.7 Å². The van der Waals surface area contributed by atoms with Gasteiger partial charge in [0.05, 0.1) is 6.04 Å². The van der Waals surface area contributed by atoms with Crippen molar-refractivity contribution in [3.63, 3.8) is 0 Å². The molecule has 0 spiro atoms. The van der Waals surface area contributed by atoms with Crippen molar-refractivity contribution < 1.29 is 4.79 Å². The minimum atomic E-state index is 0.00632. The summed E-state index contributed by atoms with van der Waals surface area (Å²) < 4.78 is 0. The van der Waals surface area contributed by atoms with Gasteiger partial charge in [-0.25, -0.2) is 0 Å². The summed E-state index contributed by atoms with van der Waals surface area (Å²) in [6, 6.07) is 2.59. The SMILES string of the molecule is CCC1NC(c2ccsc2)N(C2CCCCC2)C1=O. The first-order valence-electron chi connectivity index (χ1n) is 7.41. The number of rotatable bonds is 3. The first-order chi connectivity index (χ1) is 9.31. The molecule has 1 amide bonds. The second-order valence-electron chi connectivity index (χ2n) is 5.62. The second-order valence-corrected chi connectivity index (χ2v) is 6.40. The zero-order chi connectivity index (χ0) is 13.2. The fourth-order valence-corrected chi connectivity index (χ4v) is 4.06. The molecule has 104 valence electrons. The Morgan fingerprint density at radius 1 is 1.37 bits per heavy atom. The van der Waals surface area contributed by atoms with Crippen LogP contribution in [0, 0.1) is 0 Å². The van der Waals surface area contributed by atoms with Gasteiger partial charge < -0.3 is 4.90 Å². The number of nitrogens with one attached hydrogen (secondary N) is 1. The second kappa shape index (κ2) is 5.63. The Labute approximate surface area is 119 Å². The lowest BCUT2D eigenvalue weighted by Crippen LogP contribution is -2.41. The number of amides is 1. The fraction of sp³-hybridized carbons (Fsp3) is 0.667. The van der Waals surface area contributed by atoms with E-state index in [-0.39, 0.29) is 12.2 Å². The van der Waals surface area contributed by atoms with Crippen molar-refractivity contribution in [1.29, 1.82) is 0 Å². The summed E-state index contributed by atoms with van der Waals surface area (Å²) in [7, 11) is 0. The molecule has 1 saturated heterocycles. The van der Waals surface area contributed by atoms with Crippen LogP contribution in [0.5, 0.6) is 0 Å². The van der Waals surface area contributed by atoms with Crippen LogP contribution in [0.3, 0.4) is 0 Å². The standard InChI is InChI=1S/C15H22N2OS/c1-2-13-15(18)17(12-6-4-3-5-7-12)14(16-13)11-8-9-19-10-11/h8-10,12-14,16H,2-7H2,1H3. The van der Waals surface area contributed by atoms with Crippen molar-refractivity contribution >= 4 is 17.2 Å². The average Bonchev–Trinajstić information content (AvgIpc) is 3.07. The summed E-state index contributed by atoms with van der Waals surface area (Å²) in [6.45, 7) is 2.09. The molecule has 1 N–H and O–H groups in total. The molecule has 0 aromatic carbocycles. The fourth-order valence-electron chi connectivity index (χ4n) is 3.38. The lowest BCUT2D eigenvalue weighted by Gasteiger charge is -2.35. The zero-order valence-corrected chi connectivity index (χ0v) is 12.3. The first-order valence-corrected chi connectivity index (χ1v) is 8.36. The van der Waals surface area contributed by atoms with E-state index in [0.717, 1.165) is 6.42 Å². The number of carbonyl (C=O) groups is 1. The average molecular weight is 278 g/mol. The highest BCUT2D eigenvalue weighted by molar-refractivity contribution is 7.07. The summed E-state index contributed by atoms with van der Waals surface area (Å²) in [5.41, 5.74) is 1.25. The zero-order valence-electron chi connectivity index (χ0n) is 11.5. The van der Waals surface area contributed by atoms with Crippen molar-refractivity contribution in [3.05, 3.63) is 22.4 Å². The predicted octanol–water partition coefficient (Wildman–Crippen LogP) is 3.29. The maximum absolute atomic E-state index is 12.6. The Kier molecular flexibility index (Phi) is 3.89. The summed E-state index contributed by atoms with van der Waals surface area (Å²) in [5, 5.41) is 7.79. The van der Waals surface area contributed by atoms with E-state index < -0.39 is 0 Å². The van der Waals surface area contributed by atoms with Crippen LogP contribution < -0.4 is 5.32 Å². The van der Waals surface area contributed by atoms with Crippen LogP contribution in [0.1, 0.15) is 57.2 Å². The minimum Gasteiger partial charge on any atom is -0.319 e. The maximum Gasteiger partial charge on any atom is 0.241 e. The quantitative estimate of drug-likeness (QED) is 0.920. The van der Waals surface area contributed by atoms with E-state index in [0.29, 0.717) is 11.9 Å². The van der Waals surface area contributed by atoms with Crippen LogP contribution in [0.25, 0.3) is 0 Å². The Morgan fingerprint density at radius 2 is 2.16 bits per heavy atom. The van der Waals surface area contributed by atoms with E-state index in [4.69, 9.17) is 0 Å². The molecule has 2 fully saturated rings. The van der Waals surface area contributed by atoms with Gasteiger partial charge in [0.15, 0.2) is 0 Å². The molecule has 1 saturated carbocycles. The largest absolute Gasteiger partial charge is 0.319 e. The maximum atomic E-state index is 12.6. The third-order valence-electron chi connectivity index (χ3n) is 4.43. The highest BCUT2D eigenvalue weighted by Crippen LogP contribution is 2.34. The Bertz CT molecular complexity index is 425. The molecule has 2 heterocycles. The molecule has 1 aromatic rings. The third-order valence-corrected chi connectivity index (χ3v) is 5.13. The molecule has 2 aliphatic rings. The van der Waals surface area contributed by atoms with Crippen molar-refractivity contribution in [1.82, 2.24) is 10.2 Å². The van der Waals surface area contributed by atoms with Gasteiger partial charge in [-0.2, -0.15) is 11.3 Å². The number of hydrogen-bond acceptors (Lipinski definition) is 3. The molecule has 3 nitrogen and oxygen atoms in total. The molecule has 1 aliphatic heterocycles. The smallest absolute Gasteiger partial charge is 0.241 e. The van der Waals surface area contributed by atoms with Crippen molar-refractivity contribution in [2.75, 3.05) is 0 Å². The van der Waals surface area contributed by atoms with Gasteiger partial charge in [0.25, 0.3) is 0 Å². The van der Waals surface area contributed by atoms with Crippen LogP contribution >= 0.6 is 11.3 Å². The highest BCUT2D eigenvalue weighted by Gasteiger charge is 2.42. The van der Waals surface area contributed by atoms with Crippen molar-refractivity contribution in [3.8, 4) is 0 Å². The molecule has 0 bridgehead atoms. The van der Waals surface area contributed by atoms with Gasteiger partial charge in [0.1, 0.15) is 6.17 Å². The van der Waals surface area contributed by atoms with Crippen LogP contribution in [-0.4, -0.2) is 22.9 Å². The summed E-state index contributed by atoms with van der Waals surface area (Å²) in [5.74, 6) is 0.311.